The average Bonchev–Trinajstić information content (AvgIpc) is 2.70. The van der Waals surface area contributed by atoms with Crippen LogP contribution in [0.3, 0.4) is 0 Å². The smallest absolute Gasteiger partial charge is 0.295 e. The van der Waals surface area contributed by atoms with Crippen LogP contribution in [0.25, 0.3) is 0 Å². The molecule has 4 N–H and O–H groups in total. The quantitative estimate of drug-likeness (QED) is 0.403. The van der Waals surface area contributed by atoms with Crippen molar-refractivity contribution in [3.63, 3.8) is 0 Å². The number of phenols is 1. The van der Waals surface area contributed by atoms with Crippen LogP contribution in [0.2, 0.25) is 0 Å². The number of carbonyl (C=O) groups excluding carboxylic acids is 1. The van der Waals surface area contributed by atoms with Gasteiger partial charge in [-0.1, -0.05) is 29.8 Å². The van der Waals surface area contributed by atoms with Crippen LogP contribution in [0.4, 0.5) is 0 Å². The van der Waals surface area contributed by atoms with Crippen LogP contribution in [0, 0.1) is 6.92 Å². The van der Waals surface area contributed by atoms with Gasteiger partial charge in [0.25, 0.3) is 5.91 Å². The fourth-order valence-corrected chi connectivity index (χ4v) is 3.49. The number of carbonyl (C=O) groups is 1. The maximum Gasteiger partial charge on any atom is 0.295 e. The number of hydrazone groups is 1. The van der Waals surface area contributed by atoms with Gasteiger partial charge in [0.05, 0.1) is 5.71 Å². The summed E-state index contributed by atoms with van der Waals surface area (Å²) in [6.45, 7) is 9.59. The predicted octanol–water partition coefficient (Wildman–Crippen LogP) is -0.476. The van der Waals surface area contributed by atoms with Crippen molar-refractivity contribution in [1.82, 2.24) is 5.43 Å². The van der Waals surface area contributed by atoms with Crippen molar-refractivity contribution in [2.24, 2.45) is 5.10 Å². The number of hydrogen-bond acceptors (Lipinski definition) is 3. The van der Waals surface area contributed by atoms with Crippen LogP contribution in [-0.4, -0.2) is 49.4 Å². The molecule has 0 aromatic heterocycles. The molecule has 0 spiro atoms. The van der Waals surface area contributed by atoms with Gasteiger partial charge in [0.1, 0.15) is 38.5 Å². The number of aromatic hydroxyl groups is 1. The second kappa shape index (κ2) is 9.48. The fourth-order valence-electron chi connectivity index (χ4n) is 3.49. The molecule has 1 fully saturated rings. The van der Waals surface area contributed by atoms with Crippen LogP contribution in [-0.2, 0) is 11.3 Å². The van der Waals surface area contributed by atoms with Gasteiger partial charge < -0.3 is 14.9 Å². The molecule has 0 saturated carbocycles. The summed E-state index contributed by atoms with van der Waals surface area (Å²) in [6, 6.07) is 15.5. The molecule has 0 aliphatic carbocycles. The second-order valence-electron chi connectivity index (χ2n) is 7.62. The minimum atomic E-state index is -0.0601. The molecule has 6 heteroatoms. The molecule has 0 atom stereocenters. The lowest BCUT2D eigenvalue weighted by Gasteiger charge is -2.29. The maximum atomic E-state index is 12.2. The number of hydrogen-bond donors (Lipinski definition) is 4. The van der Waals surface area contributed by atoms with Gasteiger partial charge in [-0.25, -0.2) is 5.43 Å². The molecular weight excluding hydrogens is 352 g/mol. The predicted molar refractivity (Wildman–Crippen MR) is 110 cm³/mol. The lowest BCUT2D eigenvalue weighted by molar-refractivity contribution is -1.02. The third-order valence-corrected chi connectivity index (χ3v) is 5.28. The highest BCUT2D eigenvalue weighted by Crippen LogP contribution is 2.10. The highest BCUT2D eigenvalue weighted by molar-refractivity contribution is 5.99. The summed E-state index contributed by atoms with van der Waals surface area (Å²) in [5.74, 6) is 0.156. The van der Waals surface area contributed by atoms with E-state index in [9.17, 15) is 9.90 Å². The van der Waals surface area contributed by atoms with E-state index < -0.39 is 0 Å². The first-order chi connectivity index (χ1) is 13.5. The number of phenolic OH excluding ortho intramolecular Hbond substituents is 1. The number of amides is 1. The molecule has 1 amide bonds. The lowest BCUT2D eigenvalue weighted by Crippen LogP contribution is -3.28. The van der Waals surface area contributed by atoms with Gasteiger partial charge in [-0.2, -0.15) is 5.10 Å². The van der Waals surface area contributed by atoms with Gasteiger partial charge in [-0.15, -0.1) is 0 Å². The number of nitrogens with one attached hydrogen (secondary N) is 3. The van der Waals surface area contributed by atoms with Gasteiger partial charge in [0.15, 0.2) is 6.54 Å². The SMILES string of the molecule is C/C(=N\NC(=O)C[NH+]1CC[NH+](Cc2ccc(C)cc2)CC1)c1ccc(O)cc1. The number of rotatable bonds is 6. The highest BCUT2D eigenvalue weighted by atomic mass is 16.3. The van der Waals surface area contributed by atoms with E-state index in [4.69, 9.17) is 0 Å². The Labute approximate surface area is 166 Å². The molecule has 3 rings (SSSR count). The molecule has 28 heavy (non-hydrogen) atoms. The Hall–Kier alpha value is -2.70. The molecule has 0 radical (unpaired) electrons. The first kappa shape index (κ1) is 20.0. The van der Waals surface area contributed by atoms with Crippen molar-refractivity contribution in [2.75, 3.05) is 32.7 Å². The van der Waals surface area contributed by atoms with E-state index in [0.29, 0.717) is 6.54 Å². The van der Waals surface area contributed by atoms with E-state index in [1.165, 1.54) is 16.0 Å². The van der Waals surface area contributed by atoms with Crippen LogP contribution in [0.5, 0.6) is 5.75 Å². The van der Waals surface area contributed by atoms with Crippen molar-refractivity contribution in [3.05, 3.63) is 65.2 Å². The molecule has 0 unspecified atom stereocenters. The van der Waals surface area contributed by atoms with Gasteiger partial charge in [-0.05, 0) is 43.7 Å². The van der Waals surface area contributed by atoms with Crippen LogP contribution in [0.1, 0.15) is 23.6 Å². The van der Waals surface area contributed by atoms with E-state index >= 15 is 0 Å². The Balaban J connectivity index is 1.41. The third-order valence-electron chi connectivity index (χ3n) is 5.28. The van der Waals surface area contributed by atoms with Crippen LogP contribution >= 0.6 is 0 Å². The van der Waals surface area contributed by atoms with E-state index in [1.54, 1.807) is 29.2 Å². The zero-order valence-corrected chi connectivity index (χ0v) is 16.7. The molecule has 0 bridgehead atoms. The second-order valence-corrected chi connectivity index (χ2v) is 7.62. The van der Waals surface area contributed by atoms with Gasteiger partial charge in [-0.3, -0.25) is 4.79 Å². The van der Waals surface area contributed by atoms with E-state index in [2.05, 4.69) is 41.7 Å². The molecule has 6 nitrogen and oxygen atoms in total. The highest BCUT2D eigenvalue weighted by Gasteiger charge is 2.24. The number of aryl methyl sites for hydroxylation is 1. The van der Waals surface area contributed by atoms with E-state index in [1.807, 2.05) is 6.92 Å². The molecular formula is C22H30N4O2+2. The van der Waals surface area contributed by atoms with Crippen LogP contribution in [0.15, 0.2) is 53.6 Å². The topological polar surface area (TPSA) is 70.6 Å². The van der Waals surface area contributed by atoms with Crippen molar-refractivity contribution in [2.45, 2.75) is 20.4 Å². The molecule has 1 aliphatic rings. The zero-order valence-electron chi connectivity index (χ0n) is 16.7. The van der Waals surface area contributed by atoms with Crippen LogP contribution < -0.4 is 15.2 Å². The average molecular weight is 383 g/mol. The normalized spacial score (nSPS) is 20.0. The fraction of sp³-hybridized carbons (Fsp3) is 0.364. The Morgan fingerprint density at radius 2 is 1.61 bits per heavy atom. The van der Waals surface area contributed by atoms with Crippen molar-refractivity contribution >= 4 is 11.6 Å². The number of nitrogens with zero attached hydrogens (tertiary/aromatic N) is 1. The Bertz CT molecular complexity index is 807. The lowest BCUT2D eigenvalue weighted by atomic mass is 10.1. The summed E-state index contributed by atoms with van der Waals surface area (Å²) in [6.07, 6.45) is 0. The third kappa shape index (κ3) is 5.90. The van der Waals surface area contributed by atoms with E-state index in [-0.39, 0.29) is 11.7 Å². The van der Waals surface area contributed by atoms with Crippen molar-refractivity contribution < 1.29 is 19.7 Å². The summed E-state index contributed by atoms with van der Waals surface area (Å²) in [5.41, 5.74) is 6.92. The molecule has 1 heterocycles. The Morgan fingerprint density at radius 1 is 1.00 bits per heavy atom. The number of piperazine rings is 1. The van der Waals surface area contributed by atoms with Crippen molar-refractivity contribution in [1.29, 1.82) is 0 Å². The standard InChI is InChI=1S/C22H28N4O2/c1-17-3-5-19(6-4-17)15-25-11-13-26(14-12-25)16-22(28)24-23-18(2)20-7-9-21(27)10-8-20/h3-10,27H,11-16H2,1-2H3,(H,24,28)/p+2/b23-18+. The van der Waals surface area contributed by atoms with Gasteiger partial charge >= 0.3 is 0 Å². The zero-order chi connectivity index (χ0) is 19.9. The molecule has 1 saturated heterocycles. The number of benzene rings is 2. The molecule has 2 aromatic carbocycles. The summed E-state index contributed by atoms with van der Waals surface area (Å²) in [4.78, 5) is 15.1. The Kier molecular flexibility index (Phi) is 6.79. The molecule has 2 aromatic rings. The first-order valence-corrected chi connectivity index (χ1v) is 9.85. The van der Waals surface area contributed by atoms with Crippen molar-refractivity contribution in [3.8, 4) is 5.75 Å². The van der Waals surface area contributed by atoms with E-state index in [0.717, 1.165) is 44.0 Å². The van der Waals surface area contributed by atoms with Gasteiger partial charge in [0, 0.05) is 5.56 Å². The molecule has 1 aliphatic heterocycles. The largest absolute Gasteiger partial charge is 0.508 e. The summed E-state index contributed by atoms with van der Waals surface area (Å²) < 4.78 is 0. The first-order valence-electron chi connectivity index (χ1n) is 9.85. The maximum absolute atomic E-state index is 12.2. The minimum Gasteiger partial charge on any atom is -0.508 e. The number of quaternary nitrogens is 2. The Morgan fingerprint density at radius 3 is 2.25 bits per heavy atom. The summed E-state index contributed by atoms with van der Waals surface area (Å²) >= 11 is 0. The minimum absolute atomic E-state index is 0.0601. The van der Waals surface area contributed by atoms with Gasteiger partial charge in [0.2, 0.25) is 0 Å². The summed E-state index contributed by atoms with van der Waals surface area (Å²) in [7, 11) is 0. The summed E-state index contributed by atoms with van der Waals surface area (Å²) in [5, 5.41) is 13.5. The molecule has 148 valence electrons. The monoisotopic (exact) mass is 382 g/mol.